The highest BCUT2D eigenvalue weighted by atomic mass is 16.2. The van der Waals surface area contributed by atoms with Gasteiger partial charge in [0.05, 0.1) is 11.0 Å². The number of guanidine groups is 1. The lowest BCUT2D eigenvalue weighted by atomic mass is 10.3. The molecule has 0 atom stereocenters. The Morgan fingerprint density at radius 3 is 2.56 bits per heavy atom. The zero-order valence-electron chi connectivity index (χ0n) is 9.23. The van der Waals surface area contributed by atoms with Crippen molar-refractivity contribution in [1.29, 1.82) is 0 Å². The second kappa shape index (κ2) is 3.95. The minimum absolute atomic E-state index is 0.0929. The summed E-state index contributed by atoms with van der Waals surface area (Å²) in [5, 5.41) is 4.92. The number of H-pyrrole nitrogens is 1. The molecule has 3 rings (SSSR count). The summed E-state index contributed by atoms with van der Waals surface area (Å²) >= 11 is 0. The third-order valence-corrected chi connectivity index (χ3v) is 2.43. The van der Waals surface area contributed by atoms with Gasteiger partial charge in [-0.15, -0.1) is 0 Å². The molecule has 1 aromatic heterocycles. The zero-order chi connectivity index (χ0) is 12.5. The Bertz CT molecular complexity index is 622. The van der Waals surface area contributed by atoms with Gasteiger partial charge < -0.3 is 4.98 Å². The maximum absolute atomic E-state index is 11.2. The van der Waals surface area contributed by atoms with E-state index in [1.807, 2.05) is 24.3 Å². The van der Waals surface area contributed by atoms with Gasteiger partial charge in [-0.1, -0.05) is 12.1 Å². The van der Waals surface area contributed by atoms with Crippen molar-refractivity contribution in [1.82, 2.24) is 20.6 Å². The number of fused-ring (bicyclic) bond motifs is 1. The smallest absolute Gasteiger partial charge is 0.236 e. The first-order valence-electron chi connectivity index (χ1n) is 5.34. The first-order chi connectivity index (χ1) is 8.70. The topological polar surface area (TPSA) is 99.2 Å². The van der Waals surface area contributed by atoms with Crippen LogP contribution in [0.3, 0.4) is 0 Å². The van der Waals surface area contributed by atoms with Crippen LogP contribution in [-0.2, 0) is 9.59 Å². The lowest BCUT2D eigenvalue weighted by Gasteiger charge is -2.14. The van der Waals surface area contributed by atoms with Crippen LogP contribution in [0.2, 0.25) is 0 Å². The Labute approximate surface area is 101 Å². The maximum Gasteiger partial charge on any atom is 0.236 e. The molecule has 90 valence electrons. The van der Waals surface area contributed by atoms with Crippen LogP contribution in [0.4, 0.5) is 5.95 Å². The van der Waals surface area contributed by atoms with Crippen LogP contribution in [0.5, 0.6) is 0 Å². The van der Waals surface area contributed by atoms with Gasteiger partial charge in [-0.05, 0) is 12.1 Å². The van der Waals surface area contributed by atoms with Gasteiger partial charge in [0.2, 0.25) is 23.7 Å². The molecule has 1 saturated heterocycles. The highest BCUT2D eigenvalue weighted by Gasteiger charge is 2.20. The number of carbonyl (C=O) groups is 2. The van der Waals surface area contributed by atoms with Crippen LogP contribution >= 0.6 is 0 Å². The van der Waals surface area contributed by atoms with E-state index in [4.69, 9.17) is 0 Å². The average molecular weight is 243 g/mol. The number of benzene rings is 1. The van der Waals surface area contributed by atoms with E-state index in [0.29, 0.717) is 5.95 Å². The van der Waals surface area contributed by atoms with Gasteiger partial charge in [0.25, 0.3) is 0 Å². The summed E-state index contributed by atoms with van der Waals surface area (Å²) in [7, 11) is 0. The molecule has 2 amide bonds. The Balaban J connectivity index is 1.95. The molecule has 0 unspecified atom stereocenters. The van der Waals surface area contributed by atoms with Crippen molar-refractivity contribution in [3.8, 4) is 0 Å². The number of aromatic nitrogens is 2. The van der Waals surface area contributed by atoms with Crippen molar-refractivity contribution in [2.45, 2.75) is 6.42 Å². The molecule has 18 heavy (non-hydrogen) atoms. The summed E-state index contributed by atoms with van der Waals surface area (Å²) in [5.41, 5.74) is 1.61. The molecular formula is C11H9N5O2. The first-order valence-corrected chi connectivity index (χ1v) is 5.34. The zero-order valence-corrected chi connectivity index (χ0v) is 9.23. The number of aliphatic imine (C=N–C) groups is 1. The van der Waals surface area contributed by atoms with Gasteiger partial charge in [-0.3, -0.25) is 20.2 Å². The molecule has 0 spiro atoms. The van der Waals surface area contributed by atoms with Gasteiger partial charge in [-0.25, -0.2) is 4.98 Å². The molecule has 0 aliphatic carbocycles. The molecule has 7 heteroatoms. The Morgan fingerprint density at radius 2 is 1.83 bits per heavy atom. The maximum atomic E-state index is 11.2. The molecule has 2 heterocycles. The molecule has 0 bridgehead atoms. The first kappa shape index (κ1) is 10.5. The largest absolute Gasteiger partial charge is 0.322 e. The Morgan fingerprint density at radius 1 is 1.11 bits per heavy atom. The molecule has 0 saturated carbocycles. The Kier molecular flexibility index (Phi) is 2.30. The van der Waals surface area contributed by atoms with E-state index in [0.717, 1.165) is 11.0 Å². The summed E-state index contributed by atoms with van der Waals surface area (Å²) in [6.45, 7) is 0. The van der Waals surface area contributed by atoms with E-state index in [-0.39, 0.29) is 24.2 Å². The number of nitrogens with zero attached hydrogens (tertiary/aromatic N) is 2. The quantitative estimate of drug-likeness (QED) is 0.623. The number of hydrogen-bond donors (Lipinski definition) is 3. The molecule has 1 fully saturated rings. The van der Waals surface area contributed by atoms with Gasteiger partial charge in [0.15, 0.2) is 0 Å². The number of rotatable bonds is 1. The van der Waals surface area contributed by atoms with Crippen LogP contribution in [0.1, 0.15) is 6.42 Å². The molecule has 1 aromatic carbocycles. The second-order valence-corrected chi connectivity index (χ2v) is 3.81. The summed E-state index contributed by atoms with van der Waals surface area (Å²) in [6.07, 6.45) is -0.181. The van der Waals surface area contributed by atoms with Crippen molar-refractivity contribution >= 4 is 34.8 Å². The third kappa shape index (κ3) is 1.93. The standard InChI is InChI=1S/C11H9N5O2/c17-8-5-9(18)15-11(14-8)16-10-12-6-3-1-2-4-7(6)13-10/h1-4H,5H2,(H3,12,13,14,15,16,17,18). The number of imidazole rings is 1. The van der Waals surface area contributed by atoms with Crippen LogP contribution in [0.15, 0.2) is 29.3 Å². The van der Waals surface area contributed by atoms with E-state index >= 15 is 0 Å². The van der Waals surface area contributed by atoms with Gasteiger partial charge >= 0.3 is 0 Å². The third-order valence-electron chi connectivity index (χ3n) is 2.43. The summed E-state index contributed by atoms with van der Waals surface area (Å²) in [6, 6.07) is 7.45. The van der Waals surface area contributed by atoms with Crippen molar-refractivity contribution in [2.75, 3.05) is 0 Å². The van der Waals surface area contributed by atoms with Gasteiger partial charge in [0, 0.05) is 0 Å². The normalized spacial score (nSPS) is 15.4. The van der Waals surface area contributed by atoms with Crippen molar-refractivity contribution in [3.05, 3.63) is 24.3 Å². The highest BCUT2D eigenvalue weighted by molar-refractivity contribution is 6.16. The monoisotopic (exact) mass is 243 g/mol. The Hall–Kier alpha value is -2.70. The average Bonchev–Trinajstić information content (AvgIpc) is 2.69. The van der Waals surface area contributed by atoms with Gasteiger partial charge in [-0.2, -0.15) is 4.99 Å². The van der Waals surface area contributed by atoms with Crippen molar-refractivity contribution in [3.63, 3.8) is 0 Å². The van der Waals surface area contributed by atoms with E-state index < -0.39 is 0 Å². The van der Waals surface area contributed by atoms with E-state index in [1.54, 1.807) is 0 Å². The number of hydrogen-bond acceptors (Lipinski definition) is 4. The molecule has 0 radical (unpaired) electrons. The molecule has 3 N–H and O–H groups in total. The number of aromatic amines is 1. The lowest BCUT2D eigenvalue weighted by Crippen LogP contribution is -2.50. The predicted molar refractivity (Wildman–Crippen MR) is 64.1 cm³/mol. The fourth-order valence-electron chi connectivity index (χ4n) is 1.68. The van der Waals surface area contributed by atoms with E-state index in [1.165, 1.54) is 0 Å². The fourth-order valence-corrected chi connectivity index (χ4v) is 1.68. The fraction of sp³-hybridized carbons (Fsp3) is 0.0909. The molecule has 1 aliphatic heterocycles. The van der Waals surface area contributed by atoms with Crippen molar-refractivity contribution < 1.29 is 9.59 Å². The lowest BCUT2D eigenvalue weighted by molar-refractivity contribution is -0.129. The number of carbonyl (C=O) groups excluding carboxylic acids is 2. The highest BCUT2D eigenvalue weighted by Crippen LogP contribution is 2.15. The van der Waals surface area contributed by atoms with Crippen LogP contribution in [0, 0.1) is 0 Å². The predicted octanol–water partition coefficient (Wildman–Crippen LogP) is 0.186. The van der Waals surface area contributed by atoms with E-state index in [2.05, 4.69) is 25.6 Å². The molecule has 1 aliphatic rings. The SMILES string of the molecule is O=C1CC(=O)NC(=Nc2nc3ccccc3[nH]2)N1. The second-order valence-electron chi connectivity index (χ2n) is 3.81. The van der Waals surface area contributed by atoms with Crippen LogP contribution in [0.25, 0.3) is 11.0 Å². The number of nitrogens with one attached hydrogen (secondary N) is 3. The summed E-state index contributed by atoms with van der Waals surface area (Å²) < 4.78 is 0. The molecule has 2 aromatic rings. The number of para-hydroxylation sites is 2. The molecular weight excluding hydrogens is 234 g/mol. The summed E-state index contributed by atoms with van der Waals surface area (Å²) in [4.78, 5) is 33.6. The molecule has 7 nitrogen and oxygen atoms in total. The summed E-state index contributed by atoms with van der Waals surface area (Å²) in [5.74, 6) is -0.341. The van der Waals surface area contributed by atoms with Gasteiger partial charge in [0.1, 0.15) is 6.42 Å². The minimum atomic E-state index is -0.381. The number of amides is 2. The van der Waals surface area contributed by atoms with Crippen LogP contribution < -0.4 is 10.6 Å². The van der Waals surface area contributed by atoms with Crippen LogP contribution in [-0.4, -0.2) is 27.7 Å². The van der Waals surface area contributed by atoms with Crippen molar-refractivity contribution in [2.24, 2.45) is 4.99 Å². The van der Waals surface area contributed by atoms with E-state index in [9.17, 15) is 9.59 Å². The minimum Gasteiger partial charge on any atom is -0.322 e.